The molecule has 0 bridgehead atoms. The topological polar surface area (TPSA) is 164 Å². The average Bonchev–Trinajstić information content (AvgIpc) is 3.64. The summed E-state index contributed by atoms with van der Waals surface area (Å²) in [4.78, 5) is 23.7. The first-order chi connectivity index (χ1) is 20.2. The highest BCUT2D eigenvalue weighted by Crippen LogP contribution is 2.37. The third kappa shape index (κ3) is 6.09. The number of nitrogens with zero attached hydrogens (tertiary/aromatic N) is 4. The number of hydrogen-bond acceptors (Lipinski definition) is 10. The minimum absolute atomic E-state index is 0.0645. The minimum atomic E-state index is -4.21. The largest absolute Gasteiger partial charge is 0.497 e. The van der Waals surface area contributed by atoms with Crippen LogP contribution in [0, 0.1) is 17.0 Å². The molecule has 14 nitrogen and oxygen atoms in total. The number of rotatable bonds is 10. The predicted molar refractivity (Wildman–Crippen MR) is 149 cm³/mol. The van der Waals surface area contributed by atoms with Gasteiger partial charge in [-0.15, -0.1) is 0 Å². The highest BCUT2D eigenvalue weighted by Gasteiger charge is 2.33. The molecule has 1 atom stereocenters. The van der Waals surface area contributed by atoms with Crippen molar-refractivity contribution >= 4 is 21.6 Å². The van der Waals surface area contributed by atoms with Crippen LogP contribution in [0.2, 0.25) is 0 Å². The number of nitro groups is 1. The molecule has 2 aliphatic rings. The van der Waals surface area contributed by atoms with Crippen LogP contribution < -0.4 is 14.8 Å². The van der Waals surface area contributed by atoms with Crippen LogP contribution in [0.4, 0.5) is 5.69 Å². The Hall–Kier alpha value is -4.05. The van der Waals surface area contributed by atoms with Crippen LogP contribution in [-0.2, 0) is 19.5 Å². The Labute approximate surface area is 242 Å². The van der Waals surface area contributed by atoms with Gasteiger partial charge in [-0.3, -0.25) is 14.9 Å². The number of nitro benzene ring substituents is 1. The SMILES string of the molecule is COc1ccc(-n2nc(C(=O)NC[C@@H]3CCCO3)c(C)c2Oc2ccc([N+](=O)[O-])cc2S(=O)(=O)N2CCOCC2)cc1. The molecular formula is C27H31N5O9S. The number of aromatic nitrogens is 2. The van der Waals surface area contributed by atoms with Crippen molar-refractivity contribution in [3.8, 4) is 23.1 Å². The molecule has 2 aliphatic heterocycles. The number of benzene rings is 2. The smallest absolute Gasteiger partial charge is 0.272 e. The standard InChI is InChI=1S/C27H31N5O9S/c1-18-25(26(33)28-17-22-4-3-13-40-22)29-31(19-5-8-21(38-2)9-6-19)27(18)41-23-10-7-20(32(34)35)16-24(23)42(36,37)30-11-14-39-15-12-30/h5-10,16,22H,3-4,11-15,17H2,1-2H3,(H,28,33)/t22-/m0/s1. The Morgan fingerprint density at radius 1 is 1.17 bits per heavy atom. The van der Waals surface area contributed by atoms with Gasteiger partial charge in [0.15, 0.2) is 5.69 Å². The summed E-state index contributed by atoms with van der Waals surface area (Å²) in [5, 5.41) is 18.9. The van der Waals surface area contributed by atoms with Crippen molar-refractivity contribution in [2.24, 2.45) is 0 Å². The number of ether oxygens (including phenoxy) is 4. The van der Waals surface area contributed by atoms with Crippen LogP contribution >= 0.6 is 0 Å². The van der Waals surface area contributed by atoms with E-state index < -0.39 is 26.5 Å². The zero-order chi connectivity index (χ0) is 29.9. The van der Waals surface area contributed by atoms with Gasteiger partial charge >= 0.3 is 0 Å². The van der Waals surface area contributed by atoms with Crippen LogP contribution in [0.25, 0.3) is 5.69 Å². The van der Waals surface area contributed by atoms with Crippen molar-refractivity contribution < 1.29 is 37.1 Å². The second-order valence-corrected chi connectivity index (χ2v) is 11.6. The number of nitrogens with one attached hydrogen (secondary N) is 1. The van der Waals surface area contributed by atoms with Crippen LogP contribution in [0.15, 0.2) is 47.4 Å². The lowest BCUT2D eigenvalue weighted by atomic mass is 10.2. The fourth-order valence-corrected chi connectivity index (χ4v) is 6.28. The van der Waals surface area contributed by atoms with Gasteiger partial charge in [0, 0.05) is 43.9 Å². The molecule has 3 aromatic rings. The van der Waals surface area contributed by atoms with E-state index in [0.29, 0.717) is 30.2 Å². The van der Waals surface area contributed by atoms with Gasteiger partial charge in [-0.25, -0.2) is 8.42 Å². The molecule has 1 aromatic heterocycles. The number of hydrogen-bond donors (Lipinski definition) is 1. The molecule has 3 heterocycles. The Morgan fingerprint density at radius 2 is 1.90 bits per heavy atom. The highest BCUT2D eigenvalue weighted by molar-refractivity contribution is 7.89. The fourth-order valence-electron chi connectivity index (χ4n) is 4.74. The summed E-state index contributed by atoms with van der Waals surface area (Å²) < 4.78 is 52.2. The molecule has 15 heteroatoms. The highest BCUT2D eigenvalue weighted by atomic mass is 32.2. The Balaban J connectivity index is 1.57. The first-order valence-corrected chi connectivity index (χ1v) is 14.8. The maximum atomic E-state index is 13.7. The van der Waals surface area contributed by atoms with E-state index in [1.54, 1.807) is 31.2 Å². The third-order valence-electron chi connectivity index (χ3n) is 7.05. The Bertz CT molecular complexity index is 1560. The van der Waals surface area contributed by atoms with Gasteiger partial charge in [-0.1, -0.05) is 0 Å². The predicted octanol–water partition coefficient (Wildman–Crippen LogP) is 2.82. The van der Waals surface area contributed by atoms with E-state index in [1.807, 2.05) is 0 Å². The molecule has 1 amide bonds. The number of morpholine rings is 1. The number of amides is 1. The maximum Gasteiger partial charge on any atom is 0.272 e. The van der Waals surface area contributed by atoms with Crippen LogP contribution in [-0.4, -0.2) is 86.0 Å². The zero-order valence-corrected chi connectivity index (χ0v) is 24.0. The number of methoxy groups -OCH3 is 1. The van der Waals surface area contributed by atoms with Crippen LogP contribution in [0.5, 0.6) is 17.4 Å². The minimum Gasteiger partial charge on any atom is -0.497 e. The van der Waals surface area contributed by atoms with Gasteiger partial charge in [-0.05, 0) is 50.1 Å². The monoisotopic (exact) mass is 601 g/mol. The Kier molecular flexibility index (Phi) is 8.72. The quantitative estimate of drug-likeness (QED) is 0.270. The van der Waals surface area contributed by atoms with Crippen molar-refractivity contribution in [2.75, 3.05) is 46.6 Å². The maximum absolute atomic E-state index is 13.7. The van der Waals surface area contributed by atoms with Gasteiger partial charge in [0.1, 0.15) is 16.4 Å². The van der Waals surface area contributed by atoms with E-state index in [9.17, 15) is 23.3 Å². The molecule has 2 aromatic carbocycles. The lowest BCUT2D eigenvalue weighted by Crippen LogP contribution is -2.40. The van der Waals surface area contributed by atoms with Crippen molar-refractivity contribution in [3.05, 3.63) is 63.8 Å². The van der Waals surface area contributed by atoms with E-state index in [2.05, 4.69) is 10.4 Å². The normalized spacial score (nSPS) is 17.6. The molecule has 0 spiro atoms. The molecule has 0 unspecified atom stereocenters. The third-order valence-corrected chi connectivity index (χ3v) is 8.97. The first kappa shape index (κ1) is 29.4. The van der Waals surface area contributed by atoms with E-state index in [0.717, 1.165) is 25.0 Å². The van der Waals surface area contributed by atoms with Gasteiger partial charge in [-0.2, -0.15) is 14.1 Å². The van der Waals surface area contributed by atoms with Gasteiger partial charge in [0.2, 0.25) is 15.9 Å². The van der Waals surface area contributed by atoms with Crippen molar-refractivity contribution in [1.29, 1.82) is 0 Å². The van der Waals surface area contributed by atoms with Gasteiger partial charge in [0.05, 0.1) is 37.0 Å². The lowest BCUT2D eigenvalue weighted by Gasteiger charge is -2.26. The Morgan fingerprint density at radius 3 is 2.55 bits per heavy atom. The molecule has 1 N–H and O–H groups in total. The molecule has 2 saturated heterocycles. The van der Waals surface area contributed by atoms with Crippen molar-refractivity contribution in [3.63, 3.8) is 0 Å². The first-order valence-electron chi connectivity index (χ1n) is 13.4. The summed E-state index contributed by atoms with van der Waals surface area (Å²) in [6, 6.07) is 10.2. The summed E-state index contributed by atoms with van der Waals surface area (Å²) >= 11 is 0. The van der Waals surface area contributed by atoms with Gasteiger partial charge in [0.25, 0.3) is 11.6 Å². The summed E-state index contributed by atoms with van der Waals surface area (Å²) in [7, 11) is -2.68. The van der Waals surface area contributed by atoms with Gasteiger partial charge < -0.3 is 24.3 Å². The molecular weight excluding hydrogens is 570 g/mol. The van der Waals surface area contributed by atoms with Crippen LogP contribution in [0.3, 0.4) is 0 Å². The number of non-ortho nitro benzene ring substituents is 1. The molecule has 0 saturated carbocycles. The summed E-state index contributed by atoms with van der Waals surface area (Å²) in [6.45, 7) is 3.15. The number of carbonyl (C=O) groups excluding carboxylic acids is 1. The molecule has 42 heavy (non-hydrogen) atoms. The summed E-state index contributed by atoms with van der Waals surface area (Å²) in [6.07, 6.45) is 1.69. The molecule has 0 radical (unpaired) electrons. The molecule has 0 aliphatic carbocycles. The summed E-state index contributed by atoms with van der Waals surface area (Å²) in [5.74, 6) is 0.0461. The van der Waals surface area contributed by atoms with E-state index in [-0.39, 0.29) is 54.6 Å². The second-order valence-electron chi connectivity index (χ2n) is 9.74. The average molecular weight is 602 g/mol. The zero-order valence-electron chi connectivity index (χ0n) is 23.1. The number of sulfonamides is 1. The summed E-state index contributed by atoms with van der Waals surface area (Å²) in [5.41, 5.74) is 0.498. The van der Waals surface area contributed by atoms with E-state index >= 15 is 0 Å². The van der Waals surface area contributed by atoms with E-state index in [4.69, 9.17) is 18.9 Å². The second kappa shape index (κ2) is 12.4. The van der Waals surface area contributed by atoms with Crippen LogP contribution in [0.1, 0.15) is 28.9 Å². The molecule has 2 fully saturated rings. The van der Waals surface area contributed by atoms with Crippen molar-refractivity contribution in [1.82, 2.24) is 19.4 Å². The fraction of sp³-hybridized carbons (Fsp3) is 0.407. The van der Waals surface area contributed by atoms with E-state index in [1.165, 1.54) is 22.2 Å². The van der Waals surface area contributed by atoms with Crippen molar-refractivity contribution in [2.45, 2.75) is 30.8 Å². The number of carbonyl (C=O) groups is 1. The molecule has 5 rings (SSSR count). The lowest BCUT2D eigenvalue weighted by molar-refractivity contribution is -0.385. The molecule has 224 valence electrons.